The number of benzene rings is 2. The van der Waals surface area contributed by atoms with Crippen molar-refractivity contribution in [2.45, 2.75) is 24.5 Å². The first-order valence-corrected chi connectivity index (χ1v) is 8.87. The third-order valence-corrected chi connectivity index (χ3v) is 4.47. The van der Waals surface area contributed by atoms with Gasteiger partial charge in [0.1, 0.15) is 0 Å². The highest BCUT2D eigenvalue weighted by Gasteiger charge is 2.14. The summed E-state index contributed by atoms with van der Waals surface area (Å²) < 4.78 is 27.9. The van der Waals surface area contributed by atoms with Gasteiger partial charge < -0.3 is 10.1 Å². The zero-order chi connectivity index (χ0) is 17.7. The maximum Gasteiger partial charge on any atom is 0.251 e. The Balaban J connectivity index is 2.11. The number of ether oxygens (including phenoxy) is 1. The number of primary sulfonamides is 1. The molecule has 0 bridgehead atoms. The third-order valence-electron chi connectivity index (χ3n) is 3.56. The molecule has 2 aromatic rings. The Hall–Kier alpha value is -2.22. The Morgan fingerprint density at radius 3 is 2.46 bits per heavy atom. The molecule has 0 saturated carbocycles. The van der Waals surface area contributed by atoms with Gasteiger partial charge in [0.05, 0.1) is 17.5 Å². The number of carbonyl (C=O) groups is 1. The fourth-order valence-corrected chi connectivity index (χ4v) is 2.81. The van der Waals surface area contributed by atoms with Crippen molar-refractivity contribution in [3.63, 3.8) is 0 Å². The lowest BCUT2D eigenvalue weighted by Gasteiger charge is -2.15. The van der Waals surface area contributed by atoms with E-state index in [1.165, 1.54) is 12.1 Å². The molecular weight excluding hydrogens is 328 g/mol. The number of hydrogen-bond acceptors (Lipinski definition) is 4. The molecule has 6 nitrogen and oxygen atoms in total. The number of amides is 1. The lowest BCUT2D eigenvalue weighted by Crippen LogP contribution is -2.26. The molecule has 0 spiro atoms. The van der Waals surface area contributed by atoms with E-state index in [9.17, 15) is 13.2 Å². The van der Waals surface area contributed by atoms with Crippen molar-refractivity contribution in [1.29, 1.82) is 0 Å². The summed E-state index contributed by atoms with van der Waals surface area (Å²) in [5.41, 5.74) is 2.15. The molecule has 0 aromatic heterocycles. The van der Waals surface area contributed by atoms with Crippen molar-refractivity contribution in [3.8, 4) is 0 Å². The maximum absolute atomic E-state index is 12.3. The highest BCUT2D eigenvalue weighted by atomic mass is 32.2. The van der Waals surface area contributed by atoms with Crippen molar-refractivity contribution < 1.29 is 17.9 Å². The Morgan fingerprint density at radius 1 is 1.21 bits per heavy atom. The normalized spacial score (nSPS) is 12.6. The molecule has 2 aromatic carbocycles. The number of nitrogens with one attached hydrogen (secondary N) is 1. The van der Waals surface area contributed by atoms with Gasteiger partial charge in [0.25, 0.3) is 5.91 Å². The lowest BCUT2D eigenvalue weighted by atomic mass is 10.1. The zero-order valence-electron chi connectivity index (χ0n) is 13.5. The molecule has 1 unspecified atom stereocenters. The molecule has 0 aliphatic carbocycles. The first-order chi connectivity index (χ1) is 11.3. The van der Waals surface area contributed by atoms with E-state index in [1.807, 2.05) is 12.1 Å². The van der Waals surface area contributed by atoms with E-state index in [0.717, 1.165) is 5.56 Å². The van der Waals surface area contributed by atoms with Crippen molar-refractivity contribution in [1.82, 2.24) is 5.32 Å². The minimum atomic E-state index is -3.77. The van der Waals surface area contributed by atoms with E-state index in [1.54, 1.807) is 38.3 Å². The monoisotopic (exact) mass is 348 g/mol. The summed E-state index contributed by atoms with van der Waals surface area (Å²) in [5, 5.41) is 7.97. The minimum absolute atomic E-state index is 0.0185. The Labute approximate surface area is 141 Å². The van der Waals surface area contributed by atoms with Crippen LogP contribution in [-0.4, -0.2) is 21.4 Å². The van der Waals surface area contributed by atoms with E-state index in [2.05, 4.69) is 5.32 Å². The molecule has 0 heterocycles. The first-order valence-electron chi connectivity index (χ1n) is 7.33. The van der Waals surface area contributed by atoms with Gasteiger partial charge in [-0.1, -0.05) is 24.3 Å². The summed E-state index contributed by atoms with van der Waals surface area (Å²) in [5.74, 6) is -0.243. The number of nitrogens with two attached hydrogens (primary N) is 1. The van der Waals surface area contributed by atoms with E-state index in [4.69, 9.17) is 9.88 Å². The number of methoxy groups -OCH3 is 1. The topological polar surface area (TPSA) is 98.5 Å². The predicted octanol–water partition coefficient (Wildman–Crippen LogP) is 1.97. The fraction of sp³-hybridized carbons (Fsp3) is 0.235. The van der Waals surface area contributed by atoms with Crippen LogP contribution >= 0.6 is 0 Å². The Bertz CT molecular complexity index is 817. The van der Waals surface area contributed by atoms with Crippen molar-refractivity contribution >= 4 is 15.9 Å². The van der Waals surface area contributed by atoms with Crippen molar-refractivity contribution in [2.75, 3.05) is 7.11 Å². The smallest absolute Gasteiger partial charge is 0.251 e. The maximum atomic E-state index is 12.3. The second-order valence-corrected chi connectivity index (χ2v) is 7.00. The molecule has 1 atom stereocenters. The average Bonchev–Trinajstić information content (AvgIpc) is 2.55. The fourth-order valence-electron chi connectivity index (χ4n) is 2.24. The van der Waals surface area contributed by atoms with Crippen molar-refractivity contribution in [3.05, 3.63) is 65.2 Å². The van der Waals surface area contributed by atoms with Gasteiger partial charge in [-0.25, -0.2) is 13.6 Å². The molecule has 0 fully saturated rings. The van der Waals surface area contributed by atoms with Crippen LogP contribution in [0.1, 0.15) is 34.5 Å². The molecule has 2 rings (SSSR count). The summed E-state index contributed by atoms with van der Waals surface area (Å²) in [6.45, 7) is 2.26. The molecule has 0 saturated heterocycles. The molecule has 0 aliphatic heterocycles. The third kappa shape index (κ3) is 4.64. The molecular formula is C17H20N2O4S. The van der Waals surface area contributed by atoms with Crippen LogP contribution in [0.15, 0.2) is 53.4 Å². The van der Waals surface area contributed by atoms with Gasteiger partial charge in [0.15, 0.2) is 0 Å². The summed E-state index contributed by atoms with van der Waals surface area (Å²) in [6, 6.07) is 12.9. The summed E-state index contributed by atoms with van der Waals surface area (Å²) >= 11 is 0. The lowest BCUT2D eigenvalue weighted by molar-refractivity contribution is 0.0939. The highest BCUT2D eigenvalue weighted by Crippen LogP contribution is 2.17. The van der Waals surface area contributed by atoms with Crippen molar-refractivity contribution in [2.24, 2.45) is 5.14 Å². The van der Waals surface area contributed by atoms with Crippen LogP contribution in [0.4, 0.5) is 0 Å². The van der Waals surface area contributed by atoms with Crippen LogP contribution in [-0.2, 0) is 21.4 Å². The Kier molecular flexibility index (Phi) is 5.71. The van der Waals surface area contributed by atoms with E-state index < -0.39 is 10.0 Å². The van der Waals surface area contributed by atoms with Crippen LogP contribution in [0.5, 0.6) is 0 Å². The largest absolute Gasteiger partial charge is 0.380 e. The average molecular weight is 348 g/mol. The van der Waals surface area contributed by atoms with Gasteiger partial charge in [0.2, 0.25) is 10.0 Å². The van der Waals surface area contributed by atoms with E-state index in [0.29, 0.717) is 17.7 Å². The number of rotatable bonds is 6. The quantitative estimate of drug-likeness (QED) is 0.834. The van der Waals surface area contributed by atoms with Gasteiger partial charge in [-0.3, -0.25) is 4.79 Å². The summed E-state index contributed by atoms with van der Waals surface area (Å²) in [4.78, 5) is 12.3. The number of hydrogen-bond donors (Lipinski definition) is 2. The van der Waals surface area contributed by atoms with E-state index in [-0.39, 0.29) is 16.8 Å². The van der Waals surface area contributed by atoms with Gasteiger partial charge >= 0.3 is 0 Å². The molecule has 0 aliphatic rings. The predicted molar refractivity (Wildman–Crippen MR) is 90.9 cm³/mol. The highest BCUT2D eigenvalue weighted by molar-refractivity contribution is 7.89. The molecule has 3 N–H and O–H groups in total. The molecule has 7 heteroatoms. The summed E-state index contributed by atoms with van der Waals surface area (Å²) in [7, 11) is -2.17. The standard InChI is InChI=1S/C17H20N2O4S/c1-12(15-4-3-5-16(10-15)24(18,21)22)19-17(20)14-8-6-13(7-9-14)11-23-2/h3-10,12H,11H2,1-2H3,(H,19,20)(H2,18,21,22). The van der Waals surface area contributed by atoms with Gasteiger partial charge in [0, 0.05) is 12.7 Å². The van der Waals surface area contributed by atoms with Gasteiger partial charge in [-0.2, -0.15) is 0 Å². The zero-order valence-corrected chi connectivity index (χ0v) is 14.3. The molecule has 24 heavy (non-hydrogen) atoms. The van der Waals surface area contributed by atoms with Crippen LogP contribution in [0.2, 0.25) is 0 Å². The molecule has 128 valence electrons. The second kappa shape index (κ2) is 7.57. The van der Waals surface area contributed by atoms with Crippen LogP contribution < -0.4 is 10.5 Å². The number of sulfonamides is 1. The van der Waals surface area contributed by atoms with Gasteiger partial charge in [-0.15, -0.1) is 0 Å². The van der Waals surface area contributed by atoms with Gasteiger partial charge in [-0.05, 0) is 42.3 Å². The van der Waals surface area contributed by atoms with Crippen LogP contribution in [0.25, 0.3) is 0 Å². The van der Waals surface area contributed by atoms with Crippen LogP contribution in [0.3, 0.4) is 0 Å². The first kappa shape index (κ1) is 18.1. The number of carbonyl (C=O) groups excluding carboxylic acids is 1. The second-order valence-electron chi connectivity index (χ2n) is 5.44. The Morgan fingerprint density at radius 2 is 1.88 bits per heavy atom. The minimum Gasteiger partial charge on any atom is -0.380 e. The molecule has 0 radical (unpaired) electrons. The van der Waals surface area contributed by atoms with E-state index >= 15 is 0 Å². The summed E-state index contributed by atoms with van der Waals surface area (Å²) in [6.07, 6.45) is 0. The van der Waals surface area contributed by atoms with Crippen LogP contribution in [0, 0.1) is 0 Å². The SMILES string of the molecule is COCc1ccc(C(=O)NC(C)c2cccc(S(N)(=O)=O)c2)cc1. The molecule has 1 amide bonds.